The summed E-state index contributed by atoms with van der Waals surface area (Å²) in [6.45, 7) is 6.13. The number of rotatable bonds is 8. The third-order valence-corrected chi connectivity index (χ3v) is 9.00. The summed E-state index contributed by atoms with van der Waals surface area (Å²) in [4.78, 5) is 43.1. The molecule has 9 heteroatoms. The van der Waals surface area contributed by atoms with Gasteiger partial charge in [0.05, 0.1) is 28.1 Å². The molecule has 5 rings (SSSR count). The number of carbonyl (C=O) groups excluding carboxylic acids is 3. The number of anilines is 1. The van der Waals surface area contributed by atoms with Crippen LogP contribution >= 0.6 is 11.6 Å². The Hall–Kier alpha value is -2.94. The second kappa shape index (κ2) is 9.98. The van der Waals surface area contributed by atoms with E-state index in [0.29, 0.717) is 30.1 Å². The first kappa shape index (κ1) is 26.7. The van der Waals surface area contributed by atoms with E-state index in [1.807, 2.05) is 57.2 Å². The number of nitrogens with one attached hydrogen (secondary N) is 2. The van der Waals surface area contributed by atoms with Crippen LogP contribution in [0.15, 0.2) is 48.5 Å². The first-order chi connectivity index (χ1) is 18.1. The lowest BCUT2D eigenvalue weighted by molar-refractivity contribution is -0.146. The number of aliphatic hydroxyl groups is 1. The predicted octanol–water partition coefficient (Wildman–Crippen LogP) is 3.30. The van der Waals surface area contributed by atoms with Crippen LogP contribution in [0.25, 0.3) is 0 Å². The third kappa shape index (κ3) is 4.10. The van der Waals surface area contributed by atoms with Crippen LogP contribution in [0.2, 0.25) is 5.02 Å². The SMILES string of the molecule is Cc1cccc(Cl)c1NC(=O)C1N(CCCO)C(=O)[C@@H]2[C@@H](C(=O)NCc3ccccc3)[C@]3(C)OC12CC3C. The van der Waals surface area contributed by atoms with Gasteiger partial charge in [0, 0.05) is 19.7 Å². The van der Waals surface area contributed by atoms with Crippen LogP contribution in [0.3, 0.4) is 0 Å². The van der Waals surface area contributed by atoms with Crippen molar-refractivity contribution in [3.05, 3.63) is 64.7 Å². The van der Waals surface area contributed by atoms with Crippen molar-refractivity contribution < 1.29 is 24.2 Å². The van der Waals surface area contributed by atoms with Gasteiger partial charge in [-0.25, -0.2) is 0 Å². The molecule has 3 heterocycles. The minimum atomic E-state index is -1.16. The van der Waals surface area contributed by atoms with Crippen LogP contribution < -0.4 is 10.6 Å². The second-order valence-corrected chi connectivity index (χ2v) is 11.3. The van der Waals surface area contributed by atoms with E-state index < -0.39 is 35.0 Å². The molecule has 2 aromatic rings. The highest BCUT2D eigenvalue weighted by molar-refractivity contribution is 6.34. The van der Waals surface area contributed by atoms with Gasteiger partial charge in [0.25, 0.3) is 0 Å². The Balaban J connectivity index is 1.50. The van der Waals surface area contributed by atoms with Gasteiger partial charge in [0.1, 0.15) is 11.6 Å². The molecule has 6 atom stereocenters. The smallest absolute Gasteiger partial charge is 0.250 e. The second-order valence-electron chi connectivity index (χ2n) is 10.9. The molecule has 0 radical (unpaired) electrons. The molecule has 3 aliphatic rings. The van der Waals surface area contributed by atoms with Crippen molar-refractivity contribution >= 4 is 35.0 Å². The largest absolute Gasteiger partial charge is 0.396 e. The standard InChI is InChI=1S/C29H34ClN3O5/c1-17-9-7-12-20(30)23(17)32-26(36)24-29-15-18(2)28(3,38-29)21(22(29)27(37)33(24)13-8-14-34)25(35)31-16-19-10-5-4-6-11-19/h4-7,9-12,18,21-22,24,34H,8,13-16H2,1-3H3,(H,31,35)(H,32,36)/t18?,21-,22-,24?,28+,29?/m0/s1. The Kier molecular flexibility index (Phi) is 7.00. The quantitative estimate of drug-likeness (QED) is 0.477. The number of carbonyl (C=O) groups is 3. The van der Waals surface area contributed by atoms with Gasteiger partial charge in [-0.3, -0.25) is 14.4 Å². The number of nitrogens with zero attached hydrogens (tertiary/aromatic N) is 1. The van der Waals surface area contributed by atoms with Crippen molar-refractivity contribution in [3.8, 4) is 0 Å². The number of fused-ring (bicyclic) bond motifs is 1. The fourth-order valence-corrected chi connectivity index (χ4v) is 7.07. The molecular weight excluding hydrogens is 506 g/mol. The van der Waals surface area contributed by atoms with E-state index in [2.05, 4.69) is 10.6 Å². The lowest BCUT2D eigenvalue weighted by Gasteiger charge is -2.36. The zero-order chi connectivity index (χ0) is 27.2. The van der Waals surface area contributed by atoms with E-state index in [-0.39, 0.29) is 30.9 Å². The Morgan fingerprint density at radius 3 is 2.58 bits per heavy atom. The molecule has 0 aliphatic carbocycles. The number of aryl methyl sites for hydroxylation is 1. The summed E-state index contributed by atoms with van der Waals surface area (Å²) in [7, 11) is 0. The summed E-state index contributed by atoms with van der Waals surface area (Å²) in [5.41, 5.74) is 0.170. The van der Waals surface area contributed by atoms with Gasteiger partial charge in [-0.15, -0.1) is 0 Å². The van der Waals surface area contributed by atoms with Gasteiger partial charge in [-0.2, -0.15) is 0 Å². The summed E-state index contributed by atoms with van der Waals surface area (Å²) >= 11 is 6.40. The zero-order valence-corrected chi connectivity index (χ0v) is 22.6. The van der Waals surface area contributed by atoms with Gasteiger partial charge in [0.2, 0.25) is 17.7 Å². The third-order valence-electron chi connectivity index (χ3n) is 8.68. The first-order valence-electron chi connectivity index (χ1n) is 13.1. The number of likely N-dealkylation sites (tertiary alicyclic amines) is 1. The summed E-state index contributed by atoms with van der Waals surface area (Å²) in [5, 5.41) is 15.9. The molecule has 3 fully saturated rings. The average Bonchev–Trinajstić information content (AvgIpc) is 3.40. The average molecular weight is 540 g/mol. The van der Waals surface area contributed by atoms with E-state index >= 15 is 0 Å². The van der Waals surface area contributed by atoms with Crippen molar-refractivity contribution in [2.45, 2.75) is 57.4 Å². The monoisotopic (exact) mass is 539 g/mol. The lowest BCUT2D eigenvalue weighted by Crippen LogP contribution is -2.54. The van der Waals surface area contributed by atoms with Crippen molar-refractivity contribution in [1.82, 2.24) is 10.2 Å². The predicted molar refractivity (Wildman–Crippen MR) is 143 cm³/mol. The molecule has 3 N–H and O–H groups in total. The topological polar surface area (TPSA) is 108 Å². The van der Waals surface area contributed by atoms with Crippen LogP contribution in [0.1, 0.15) is 37.8 Å². The normalized spacial score (nSPS) is 31.4. The molecule has 38 heavy (non-hydrogen) atoms. The Labute approximate surface area is 227 Å². The van der Waals surface area contributed by atoms with Crippen molar-refractivity contribution in [2.24, 2.45) is 17.8 Å². The number of benzene rings is 2. The van der Waals surface area contributed by atoms with Crippen molar-refractivity contribution in [3.63, 3.8) is 0 Å². The van der Waals surface area contributed by atoms with Crippen LogP contribution in [0, 0.1) is 24.7 Å². The Morgan fingerprint density at radius 1 is 1.16 bits per heavy atom. The van der Waals surface area contributed by atoms with Crippen molar-refractivity contribution in [2.75, 3.05) is 18.5 Å². The molecule has 0 aromatic heterocycles. The molecule has 3 aliphatic heterocycles. The molecule has 2 aromatic carbocycles. The molecule has 3 saturated heterocycles. The highest BCUT2D eigenvalue weighted by atomic mass is 35.5. The number of hydrogen-bond acceptors (Lipinski definition) is 5. The van der Waals surface area contributed by atoms with Gasteiger partial charge >= 0.3 is 0 Å². The van der Waals surface area contributed by atoms with E-state index in [1.165, 1.54) is 4.90 Å². The van der Waals surface area contributed by atoms with Gasteiger partial charge in [-0.1, -0.05) is 61.0 Å². The number of halogens is 1. The summed E-state index contributed by atoms with van der Waals surface area (Å²) < 4.78 is 6.70. The van der Waals surface area contributed by atoms with Crippen molar-refractivity contribution in [1.29, 1.82) is 0 Å². The minimum Gasteiger partial charge on any atom is -0.396 e. The molecule has 3 amide bonds. The summed E-state index contributed by atoms with van der Waals surface area (Å²) in [5.74, 6) is -2.57. The zero-order valence-electron chi connectivity index (χ0n) is 21.9. The fourth-order valence-electron chi connectivity index (χ4n) is 6.80. The molecule has 1 spiro atoms. The van der Waals surface area contributed by atoms with Gasteiger partial charge < -0.3 is 25.4 Å². The van der Waals surface area contributed by atoms with E-state index in [0.717, 1.165) is 11.1 Å². The Bertz CT molecular complexity index is 1240. The van der Waals surface area contributed by atoms with E-state index in [9.17, 15) is 19.5 Å². The van der Waals surface area contributed by atoms with Crippen LogP contribution in [0.4, 0.5) is 5.69 Å². The summed E-state index contributed by atoms with van der Waals surface area (Å²) in [6.07, 6.45) is 0.777. The molecule has 8 nitrogen and oxygen atoms in total. The van der Waals surface area contributed by atoms with Crippen LogP contribution in [0.5, 0.6) is 0 Å². The molecule has 2 bridgehead atoms. The highest BCUT2D eigenvalue weighted by Crippen LogP contribution is 2.65. The van der Waals surface area contributed by atoms with Gasteiger partial charge in [0.15, 0.2) is 0 Å². The highest BCUT2D eigenvalue weighted by Gasteiger charge is 2.79. The maximum absolute atomic E-state index is 14.0. The molecule has 3 unspecified atom stereocenters. The van der Waals surface area contributed by atoms with E-state index in [1.54, 1.807) is 12.1 Å². The van der Waals surface area contributed by atoms with E-state index in [4.69, 9.17) is 16.3 Å². The minimum absolute atomic E-state index is 0.0610. The number of para-hydroxylation sites is 1. The van der Waals surface area contributed by atoms with Crippen LogP contribution in [-0.4, -0.2) is 58.1 Å². The number of aliphatic hydroxyl groups excluding tert-OH is 1. The van der Waals surface area contributed by atoms with Crippen LogP contribution in [-0.2, 0) is 25.7 Å². The first-order valence-corrected chi connectivity index (χ1v) is 13.5. The lowest BCUT2D eigenvalue weighted by atomic mass is 9.62. The molecule has 0 saturated carbocycles. The Morgan fingerprint density at radius 2 is 1.89 bits per heavy atom. The number of ether oxygens (including phenoxy) is 1. The molecular formula is C29H34ClN3O5. The summed E-state index contributed by atoms with van der Waals surface area (Å²) in [6, 6.07) is 14.0. The number of hydrogen-bond donors (Lipinski definition) is 3. The molecule has 202 valence electrons. The van der Waals surface area contributed by atoms with Gasteiger partial charge in [-0.05, 0) is 49.8 Å². The maximum atomic E-state index is 14.0. The fraction of sp³-hybridized carbons (Fsp3) is 0.483. The maximum Gasteiger partial charge on any atom is 0.250 e. The number of amides is 3.